The Morgan fingerprint density at radius 1 is 1.14 bits per heavy atom. The second kappa shape index (κ2) is 7.42. The molecule has 2 atom stereocenters. The lowest BCUT2D eigenvalue weighted by molar-refractivity contribution is 0.204. The highest BCUT2D eigenvalue weighted by atomic mass is 15.2. The first-order chi connectivity index (χ1) is 10.0. The van der Waals surface area contributed by atoms with E-state index in [2.05, 4.69) is 50.8 Å². The highest BCUT2D eigenvalue weighted by molar-refractivity contribution is 5.32. The first kappa shape index (κ1) is 16.5. The van der Waals surface area contributed by atoms with Gasteiger partial charge in [0.1, 0.15) is 0 Å². The first-order valence-corrected chi connectivity index (χ1v) is 8.54. The normalized spacial score (nSPS) is 22.3. The van der Waals surface area contributed by atoms with E-state index in [0.717, 1.165) is 18.4 Å². The predicted octanol–water partition coefficient (Wildman–Crippen LogP) is 4.06. The molecule has 2 heteroatoms. The third-order valence-corrected chi connectivity index (χ3v) is 5.33. The Kier molecular flexibility index (Phi) is 5.83. The van der Waals surface area contributed by atoms with Crippen molar-refractivity contribution in [2.75, 3.05) is 19.6 Å². The van der Waals surface area contributed by atoms with Crippen LogP contribution in [0.15, 0.2) is 18.2 Å². The van der Waals surface area contributed by atoms with Gasteiger partial charge in [0.15, 0.2) is 0 Å². The number of nitrogens with two attached hydrogens (primary N) is 1. The van der Waals surface area contributed by atoms with Crippen LogP contribution in [-0.4, -0.2) is 24.5 Å². The van der Waals surface area contributed by atoms with E-state index in [0.29, 0.717) is 6.04 Å². The minimum absolute atomic E-state index is 0.384. The summed E-state index contributed by atoms with van der Waals surface area (Å²) in [7, 11) is 0. The molecule has 2 unspecified atom stereocenters. The third-order valence-electron chi connectivity index (χ3n) is 5.33. The Balaban J connectivity index is 2.11. The third kappa shape index (κ3) is 4.08. The molecule has 1 saturated heterocycles. The number of nitrogens with zero attached hydrogens (tertiary/aromatic N) is 1. The SMILES string of the molecule is Cc1ccc(C(CN)N2CCCC(C(C)C)CC2)cc1C. The fourth-order valence-electron chi connectivity index (χ4n) is 3.59. The highest BCUT2D eigenvalue weighted by Gasteiger charge is 2.24. The topological polar surface area (TPSA) is 29.3 Å². The van der Waals surface area contributed by atoms with Crippen molar-refractivity contribution >= 4 is 0 Å². The van der Waals surface area contributed by atoms with Gasteiger partial charge < -0.3 is 5.73 Å². The molecule has 0 saturated carbocycles. The lowest BCUT2D eigenvalue weighted by Gasteiger charge is -2.30. The number of hydrogen-bond donors (Lipinski definition) is 1. The molecule has 2 rings (SSSR count). The van der Waals surface area contributed by atoms with Crippen LogP contribution in [0.2, 0.25) is 0 Å². The molecule has 21 heavy (non-hydrogen) atoms. The average molecular weight is 288 g/mol. The van der Waals surface area contributed by atoms with Gasteiger partial charge in [-0.15, -0.1) is 0 Å². The van der Waals surface area contributed by atoms with Gasteiger partial charge in [-0.3, -0.25) is 4.90 Å². The lowest BCUT2D eigenvalue weighted by Crippen LogP contribution is -2.34. The molecule has 1 fully saturated rings. The summed E-state index contributed by atoms with van der Waals surface area (Å²) in [5, 5.41) is 0. The van der Waals surface area contributed by atoms with Crippen LogP contribution in [0.25, 0.3) is 0 Å². The largest absolute Gasteiger partial charge is 0.329 e. The summed E-state index contributed by atoms with van der Waals surface area (Å²) < 4.78 is 0. The number of aryl methyl sites for hydroxylation is 2. The monoisotopic (exact) mass is 288 g/mol. The smallest absolute Gasteiger partial charge is 0.0470 e. The molecule has 2 N–H and O–H groups in total. The molecule has 118 valence electrons. The van der Waals surface area contributed by atoms with Gasteiger partial charge in [0.05, 0.1) is 0 Å². The maximum Gasteiger partial charge on any atom is 0.0470 e. The Hall–Kier alpha value is -0.860. The van der Waals surface area contributed by atoms with Crippen molar-refractivity contribution in [2.24, 2.45) is 17.6 Å². The molecule has 0 spiro atoms. The molecule has 0 bridgehead atoms. The predicted molar refractivity (Wildman–Crippen MR) is 91.5 cm³/mol. The van der Waals surface area contributed by atoms with E-state index in [1.165, 1.54) is 49.0 Å². The van der Waals surface area contributed by atoms with E-state index in [1.54, 1.807) is 0 Å². The molecule has 0 radical (unpaired) electrons. The van der Waals surface area contributed by atoms with Gasteiger partial charge >= 0.3 is 0 Å². The molecule has 2 nitrogen and oxygen atoms in total. The summed E-state index contributed by atoms with van der Waals surface area (Å²) in [6.07, 6.45) is 4.00. The van der Waals surface area contributed by atoms with E-state index < -0.39 is 0 Å². The number of benzene rings is 1. The Bertz CT molecular complexity index is 453. The molecule has 0 aliphatic carbocycles. The molecule has 1 aromatic carbocycles. The molecule has 1 heterocycles. The van der Waals surface area contributed by atoms with Crippen molar-refractivity contribution in [1.29, 1.82) is 0 Å². The standard InChI is InChI=1S/C19H32N2/c1-14(2)17-6-5-10-21(11-9-17)19(13-20)18-8-7-15(3)16(4)12-18/h7-8,12,14,17,19H,5-6,9-11,13,20H2,1-4H3. The van der Waals surface area contributed by atoms with E-state index >= 15 is 0 Å². The van der Waals surface area contributed by atoms with E-state index in [9.17, 15) is 0 Å². The maximum atomic E-state index is 6.13. The van der Waals surface area contributed by atoms with E-state index in [4.69, 9.17) is 5.73 Å². The van der Waals surface area contributed by atoms with Crippen LogP contribution in [0, 0.1) is 25.7 Å². The summed E-state index contributed by atoms with van der Waals surface area (Å²) in [6.45, 7) is 12.2. The zero-order valence-electron chi connectivity index (χ0n) is 14.2. The van der Waals surface area contributed by atoms with Gasteiger partial charge in [-0.25, -0.2) is 0 Å². The van der Waals surface area contributed by atoms with Crippen LogP contribution in [0.1, 0.15) is 55.8 Å². The van der Waals surface area contributed by atoms with Crippen LogP contribution < -0.4 is 5.73 Å². The van der Waals surface area contributed by atoms with Crippen LogP contribution in [-0.2, 0) is 0 Å². The second-order valence-electron chi connectivity index (χ2n) is 7.07. The zero-order valence-corrected chi connectivity index (χ0v) is 14.2. The summed E-state index contributed by atoms with van der Waals surface area (Å²) in [6, 6.07) is 7.22. The summed E-state index contributed by atoms with van der Waals surface area (Å²) in [5.41, 5.74) is 10.3. The Morgan fingerprint density at radius 2 is 1.90 bits per heavy atom. The quantitative estimate of drug-likeness (QED) is 0.905. The number of hydrogen-bond acceptors (Lipinski definition) is 2. The molecule has 1 aliphatic rings. The van der Waals surface area contributed by atoms with Crippen LogP contribution in [0.3, 0.4) is 0 Å². The van der Waals surface area contributed by atoms with E-state index in [-0.39, 0.29) is 0 Å². The maximum absolute atomic E-state index is 6.13. The van der Waals surface area contributed by atoms with Gasteiger partial charge in [-0.1, -0.05) is 32.0 Å². The lowest BCUT2D eigenvalue weighted by atomic mass is 9.89. The van der Waals surface area contributed by atoms with Gasteiger partial charge in [0.25, 0.3) is 0 Å². The fraction of sp³-hybridized carbons (Fsp3) is 0.684. The molecular formula is C19H32N2. The second-order valence-corrected chi connectivity index (χ2v) is 7.07. The fourth-order valence-corrected chi connectivity index (χ4v) is 3.59. The summed E-state index contributed by atoms with van der Waals surface area (Å²) >= 11 is 0. The van der Waals surface area contributed by atoms with Crippen molar-refractivity contribution in [3.8, 4) is 0 Å². The van der Waals surface area contributed by atoms with Crippen molar-refractivity contribution in [3.63, 3.8) is 0 Å². The minimum atomic E-state index is 0.384. The molecule has 0 amide bonds. The minimum Gasteiger partial charge on any atom is -0.329 e. The van der Waals surface area contributed by atoms with Crippen LogP contribution >= 0.6 is 0 Å². The number of likely N-dealkylation sites (tertiary alicyclic amines) is 1. The first-order valence-electron chi connectivity index (χ1n) is 8.54. The molecule has 1 aliphatic heterocycles. The number of rotatable bonds is 4. The van der Waals surface area contributed by atoms with E-state index in [1.807, 2.05) is 0 Å². The molecule has 1 aromatic rings. The van der Waals surface area contributed by atoms with Gasteiger partial charge in [-0.2, -0.15) is 0 Å². The highest BCUT2D eigenvalue weighted by Crippen LogP contribution is 2.29. The van der Waals surface area contributed by atoms with Crippen LogP contribution in [0.5, 0.6) is 0 Å². The molecule has 0 aromatic heterocycles. The van der Waals surface area contributed by atoms with Gasteiger partial charge in [0.2, 0.25) is 0 Å². The molecular weight excluding hydrogens is 256 g/mol. The van der Waals surface area contributed by atoms with Crippen molar-refractivity contribution in [3.05, 3.63) is 34.9 Å². The van der Waals surface area contributed by atoms with Crippen LogP contribution in [0.4, 0.5) is 0 Å². The Morgan fingerprint density at radius 3 is 2.52 bits per heavy atom. The summed E-state index contributed by atoms with van der Waals surface area (Å²) in [4.78, 5) is 2.62. The zero-order chi connectivity index (χ0) is 15.4. The summed E-state index contributed by atoms with van der Waals surface area (Å²) in [5.74, 6) is 1.69. The van der Waals surface area contributed by atoms with Crippen molar-refractivity contribution in [1.82, 2.24) is 4.90 Å². The van der Waals surface area contributed by atoms with Crippen molar-refractivity contribution in [2.45, 2.75) is 53.0 Å². The Labute approximate surface area is 130 Å². The van der Waals surface area contributed by atoms with Gasteiger partial charge in [0, 0.05) is 12.6 Å². The van der Waals surface area contributed by atoms with Crippen molar-refractivity contribution < 1.29 is 0 Å². The van der Waals surface area contributed by atoms with Gasteiger partial charge in [-0.05, 0) is 74.7 Å². The average Bonchev–Trinajstić information content (AvgIpc) is 2.70.